The van der Waals surface area contributed by atoms with Crippen LogP contribution in [0.25, 0.3) is 0 Å². The Balaban J connectivity index is 1.67. The zero-order valence-corrected chi connectivity index (χ0v) is 15.1. The lowest BCUT2D eigenvalue weighted by Crippen LogP contribution is -2.31. The Morgan fingerprint density at radius 2 is 2.12 bits per heavy atom. The molecule has 25 heavy (non-hydrogen) atoms. The minimum Gasteiger partial charge on any atom is -0.465 e. The van der Waals surface area contributed by atoms with Crippen LogP contribution in [0.4, 0.5) is 0 Å². The fourth-order valence-corrected chi connectivity index (χ4v) is 3.91. The molecule has 0 bridgehead atoms. The van der Waals surface area contributed by atoms with Crippen molar-refractivity contribution in [3.63, 3.8) is 0 Å². The minimum absolute atomic E-state index is 0.0441. The van der Waals surface area contributed by atoms with Crippen molar-refractivity contribution < 1.29 is 14.3 Å². The number of carbonyl (C=O) groups is 2. The fourth-order valence-electron chi connectivity index (χ4n) is 3.91. The van der Waals surface area contributed by atoms with Crippen molar-refractivity contribution >= 4 is 11.9 Å². The van der Waals surface area contributed by atoms with E-state index in [4.69, 9.17) is 4.74 Å². The first-order valence-electron chi connectivity index (χ1n) is 9.15. The van der Waals surface area contributed by atoms with Gasteiger partial charge in [0.1, 0.15) is 0 Å². The molecule has 3 unspecified atom stereocenters. The van der Waals surface area contributed by atoms with Gasteiger partial charge in [-0.15, -0.1) is 0 Å². The molecule has 3 atom stereocenters. The van der Waals surface area contributed by atoms with Crippen LogP contribution < -0.4 is 5.32 Å². The van der Waals surface area contributed by atoms with E-state index in [9.17, 15) is 9.59 Å². The van der Waals surface area contributed by atoms with Crippen LogP contribution in [-0.4, -0.2) is 25.0 Å². The summed E-state index contributed by atoms with van der Waals surface area (Å²) in [6.07, 6.45) is 3.30. The van der Waals surface area contributed by atoms with Crippen molar-refractivity contribution in [2.45, 2.75) is 39.5 Å². The highest BCUT2D eigenvalue weighted by molar-refractivity contribution is 5.94. The minimum atomic E-state index is -0.447. The summed E-state index contributed by atoms with van der Waals surface area (Å²) in [7, 11) is 0. The Kier molecular flexibility index (Phi) is 4.98. The summed E-state index contributed by atoms with van der Waals surface area (Å²) in [5.41, 5.74) is 2.42. The van der Waals surface area contributed by atoms with E-state index < -0.39 is 5.41 Å². The quantitative estimate of drug-likeness (QED) is 0.636. The molecule has 3 rings (SSSR count). The first-order chi connectivity index (χ1) is 11.9. The fraction of sp³-hybridized carbons (Fsp3) is 0.524. The summed E-state index contributed by atoms with van der Waals surface area (Å²) in [6.45, 7) is 9.51. The zero-order chi connectivity index (χ0) is 18.0. The Bertz CT molecular complexity index is 679. The van der Waals surface area contributed by atoms with Gasteiger partial charge in [0.25, 0.3) is 5.91 Å². The van der Waals surface area contributed by atoms with E-state index in [1.54, 1.807) is 0 Å². The maximum atomic E-state index is 12.4. The maximum absolute atomic E-state index is 12.4. The van der Waals surface area contributed by atoms with Crippen molar-refractivity contribution in [2.24, 2.45) is 17.3 Å². The average Bonchev–Trinajstić information content (AvgIpc) is 3.07. The zero-order valence-electron chi connectivity index (χ0n) is 15.1. The van der Waals surface area contributed by atoms with E-state index in [1.807, 2.05) is 24.3 Å². The molecule has 0 spiro atoms. The van der Waals surface area contributed by atoms with Crippen LogP contribution in [0.1, 0.15) is 49.0 Å². The number of benzene rings is 1. The topological polar surface area (TPSA) is 55.4 Å². The van der Waals surface area contributed by atoms with Gasteiger partial charge in [0.05, 0.1) is 12.0 Å². The summed E-state index contributed by atoms with van der Waals surface area (Å²) in [4.78, 5) is 24.6. The summed E-state index contributed by atoms with van der Waals surface area (Å²) < 4.78 is 5.33. The van der Waals surface area contributed by atoms with E-state index in [1.165, 1.54) is 0 Å². The number of amides is 1. The SMILES string of the molecule is C=C1CC2COC(=O)C2(Cc2ccc(C(=O)NCC(C)CC)cc2)C1. The third-order valence-corrected chi connectivity index (χ3v) is 5.75. The number of carbonyl (C=O) groups excluding carboxylic acids is 2. The molecule has 1 aromatic rings. The summed E-state index contributed by atoms with van der Waals surface area (Å²) >= 11 is 0. The number of nitrogens with one attached hydrogen (secondary N) is 1. The van der Waals surface area contributed by atoms with Gasteiger partial charge in [0.15, 0.2) is 0 Å². The standard InChI is InChI=1S/C21H27NO3/c1-4-14(2)12-22-19(23)17-7-5-16(6-8-17)11-21-10-15(3)9-18(21)13-25-20(21)24/h5-8,14,18H,3-4,9-13H2,1-2H3,(H,22,23). The predicted molar refractivity (Wildman–Crippen MR) is 97.2 cm³/mol. The predicted octanol–water partition coefficient (Wildman–Crippen LogP) is 3.51. The highest BCUT2D eigenvalue weighted by Gasteiger charge is 2.55. The molecule has 2 aliphatic rings. The Morgan fingerprint density at radius 1 is 1.40 bits per heavy atom. The molecular formula is C21H27NO3. The molecule has 134 valence electrons. The van der Waals surface area contributed by atoms with Gasteiger partial charge in [-0.05, 0) is 42.9 Å². The van der Waals surface area contributed by atoms with E-state index in [0.29, 0.717) is 37.5 Å². The van der Waals surface area contributed by atoms with Crippen LogP contribution in [-0.2, 0) is 16.0 Å². The Labute approximate surface area is 149 Å². The lowest BCUT2D eigenvalue weighted by atomic mass is 9.75. The summed E-state index contributed by atoms with van der Waals surface area (Å²) in [5.74, 6) is 0.582. The maximum Gasteiger partial charge on any atom is 0.313 e. The van der Waals surface area contributed by atoms with Crippen LogP contribution >= 0.6 is 0 Å². The summed E-state index contributed by atoms with van der Waals surface area (Å²) in [5, 5.41) is 2.97. The van der Waals surface area contributed by atoms with Crippen molar-refractivity contribution in [3.05, 3.63) is 47.5 Å². The summed E-state index contributed by atoms with van der Waals surface area (Å²) in [6, 6.07) is 7.60. The second-order valence-electron chi connectivity index (χ2n) is 7.68. The van der Waals surface area contributed by atoms with Gasteiger partial charge in [-0.2, -0.15) is 0 Å². The number of esters is 1. The van der Waals surface area contributed by atoms with Crippen LogP contribution in [0.3, 0.4) is 0 Å². The lowest BCUT2D eigenvalue weighted by molar-refractivity contribution is -0.146. The van der Waals surface area contributed by atoms with Gasteiger partial charge in [0.2, 0.25) is 0 Å². The van der Waals surface area contributed by atoms with Crippen LogP contribution in [0.5, 0.6) is 0 Å². The lowest BCUT2D eigenvalue weighted by Gasteiger charge is -2.24. The number of hydrogen-bond donors (Lipinski definition) is 1. The smallest absolute Gasteiger partial charge is 0.313 e. The molecule has 1 aliphatic heterocycles. The van der Waals surface area contributed by atoms with Crippen molar-refractivity contribution in [2.75, 3.05) is 13.2 Å². The van der Waals surface area contributed by atoms with Crippen LogP contribution in [0.15, 0.2) is 36.4 Å². The van der Waals surface area contributed by atoms with Crippen molar-refractivity contribution in [1.29, 1.82) is 0 Å². The highest BCUT2D eigenvalue weighted by Crippen LogP contribution is 2.52. The molecule has 1 saturated heterocycles. The first kappa shape index (κ1) is 17.7. The number of cyclic esters (lactones) is 1. The van der Waals surface area contributed by atoms with E-state index >= 15 is 0 Å². The third kappa shape index (κ3) is 3.48. The largest absolute Gasteiger partial charge is 0.465 e. The molecule has 4 nitrogen and oxygen atoms in total. The number of ether oxygens (including phenoxy) is 1. The molecule has 0 aromatic heterocycles. The van der Waals surface area contributed by atoms with Gasteiger partial charge in [-0.3, -0.25) is 9.59 Å². The molecule has 1 aliphatic carbocycles. The number of allylic oxidation sites excluding steroid dienone is 1. The number of fused-ring (bicyclic) bond motifs is 1. The molecule has 1 aromatic carbocycles. The van der Waals surface area contributed by atoms with Crippen molar-refractivity contribution in [3.8, 4) is 0 Å². The number of hydrogen-bond acceptors (Lipinski definition) is 3. The van der Waals surface area contributed by atoms with Gasteiger partial charge < -0.3 is 10.1 Å². The average molecular weight is 341 g/mol. The van der Waals surface area contributed by atoms with Gasteiger partial charge in [-0.25, -0.2) is 0 Å². The Hall–Kier alpha value is -2.10. The Morgan fingerprint density at radius 3 is 2.80 bits per heavy atom. The van der Waals surface area contributed by atoms with Gasteiger partial charge >= 0.3 is 5.97 Å². The van der Waals surface area contributed by atoms with Gasteiger partial charge in [-0.1, -0.05) is 44.6 Å². The van der Waals surface area contributed by atoms with E-state index in [-0.39, 0.29) is 17.8 Å². The van der Waals surface area contributed by atoms with Crippen LogP contribution in [0.2, 0.25) is 0 Å². The van der Waals surface area contributed by atoms with Crippen LogP contribution in [0, 0.1) is 17.3 Å². The second-order valence-corrected chi connectivity index (χ2v) is 7.68. The van der Waals surface area contributed by atoms with Crippen molar-refractivity contribution in [1.82, 2.24) is 5.32 Å². The van der Waals surface area contributed by atoms with Gasteiger partial charge in [0, 0.05) is 18.0 Å². The molecule has 4 heteroatoms. The molecule has 0 radical (unpaired) electrons. The second kappa shape index (κ2) is 7.03. The molecule has 2 fully saturated rings. The molecule has 1 amide bonds. The normalized spacial score (nSPS) is 26.2. The van der Waals surface area contributed by atoms with E-state index in [0.717, 1.165) is 24.0 Å². The molecule has 1 N–H and O–H groups in total. The van der Waals surface area contributed by atoms with E-state index in [2.05, 4.69) is 25.7 Å². The number of rotatable bonds is 6. The third-order valence-electron chi connectivity index (χ3n) is 5.75. The molecule has 1 heterocycles. The highest BCUT2D eigenvalue weighted by atomic mass is 16.5. The molecule has 1 saturated carbocycles. The first-order valence-corrected chi connectivity index (χ1v) is 9.15. The molecular weight excluding hydrogens is 314 g/mol. The monoisotopic (exact) mass is 341 g/mol.